The second kappa shape index (κ2) is 9.74. The largest absolute Gasteiger partial charge is 0.383 e. The number of aromatic nitrogens is 4. The van der Waals surface area contributed by atoms with Gasteiger partial charge in [-0.1, -0.05) is 44.2 Å². The van der Waals surface area contributed by atoms with Crippen LogP contribution in [0.1, 0.15) is 25.8 Å². The van der Waals surface area contributed by atoms with Crippen molar-refractivity contribution in [2.45, 2.75) is 39.9 Å². The topological polar surface area (TPSA) is 91.4 Å². The van der Waals surface area contributed by atoms with Crippen LogP contribution in [0.15, 0.2) is 46.2 Å². The van der Waals surface area contributed by atoms with Crippen molar-refractivity contribution < 1.29 is 9.53 Å². The minimum absolute atomic E-state index is 0.207. The lowest BCUT2D eigenvalue weighted by molar-refractivity contribution is -0.134. The molecule has 1 fully saturated rings. The number of likely N-dealkylation sites (tertiary alicyclic amines) is 1. The molecule has 176 valence electrons. The number of hydrogen-bond donors (Lipinski definition) is 0. The minimum Gasteiger partial charge on any atom is -0.383 e. The fourth-order valence-electron chi connectivity index (χ4n) is 4.75. The quantitative estimate of drug-likeness (QED) is 0.542. The Morgan fingerprint density at radius 1 is 1.09 bits per heavy atom. The van der Waals surface area contributed by atoms with Crippen molar-refractivity contribution in [3.63, 3.8) is 0 Å². The molecule has 9 heteroatoms. The fourth-order valence-corrected chi connectivity index (χ4v) is 4.75. The molecule has 0 aliphatic carbocycles. The lowest BCUT2D eigenvalue weighted by Gasteiger charge is -2.35. The third kappa shape index (κ3) is 4.78. The summed E-state index contributed by atoms with van der Waals surface area (Å²) in [4.78, 5) is 46.2. The molecule has 0 saturated carbocycles. The number of imidazole rings is 1. The maximum atomic E-state index is 13.5. The molecule has 1 aromatic carbocycles. The number of rotatable bonds is 7. The average Bonchev–Trinajstić information content (AvgIpc) is 3.22. The predicted octanol–water partition coefficient (Wildman–Crippen LogP) is 1.56. The standard InChI is InChI=1S/C24H31N5O4/c1-17-11-18(2)13-27(12-17)20(30)15-29-23(31)21-22(25-16-26(21)9-10-33-3)28(24(29)32)14-19-7-5-4-6-8-19/h4-8,16-18H,9-15H2,1-3H3. The summed E-state index contributed by atoms with van der Waals surface area (Å²) in [6, 6.07) is 9.52. The molecular weight excluding hydrogens is 422 g/mol. The first-order valence-electron chi connectivity index (χ1n) is 11.4. The molecular formula is C24H31N5O4. The maximum absolute atomic E-state index is 13.5. The van der Waals surface area contributed by atoms with Crippen molar-refractivity contribution in [1.82, 2.24) is 23.6 Å². The monoisotopic (exact) mass is 453 g/mol. The molecule has 33 heavy (non-hydrogen) atoms. The Labute approximate surface area is 192 Å². The van der Waals surface area contributed by atoms with Crippen LogP contribution in [-0.4, -0.2) is 56.3 Å². The SMILES string of the molecule is COCCn1cnc2c1c(=O)n(CC(=O)N1CC(C)CC(C)C1)c(=O)n2Cc1ccccc1. The average molecular weight is 454 g/mol. The highest BCUT2D eigenvalue weighted by atomic mass is 16.5. The molecule has 2 atom stereocenters. The van der Waals surface area contributed by atoms with Crippen LogP contribution in [0.2, 0.25) is 0 Å². The van der Waals surface area contributed by atoms with Crippen molar-refractivity contribution in [2.24, 2.45) is 11.8 Å². The number of ether oxygens (including phenoxy) is 1. The van der Waals surface area contributed by atoms with Gasteiger partial charge >= 0.3 is 5.69 Å². The Kier molecular flexibility index (Phi) is 6.78. The van der Waals surface area contributed by atoms with Gasteiger partial charge in [-0.2, -0.15) is 0 Å². The highest BCUT2D eigenvalue weighted by molar-refractivity contribution is 5.77. The zero-order valence-corrected chi connectivity index (χ0v) is 19.4. The van der Waals surface area contributed by atoms with Gasteiger partial charge in [0.25, 0.3) is 5.56 Å². The van der Waals surface area contributed by atoms with Crippen LogP contribution >= 0.6 is 0 Å². The molecule has 9 nitrogen and oxygen atoms in total. The van der Waals surface area contributed by atoms with E-state index in [2.05, 4.69) is 18.8 Å². The van der Waals surface area contributed by atoms with Gasteiger partial charge in [-0.3, -0.25) is 14.2 Å². The van der Waals surface area contributed by atoms with Gasteiger partial charge in [0.05, 0.1) is 19.5 Å². The van der Waals surface area contributed by atoms with E-state index in [9.17, 15) is 14.4 Å². The number of fused-ring (bicyclic) bond motifs is 1. The van der Waals surface area contributed by atoms with Crippen LogP contribution < -0.4 is 11.2 Å². The number of methoxy groups -OCH3 is 1. The zero-order chi connectivity index (χ0) is 23.5. The van der Waals surface area contributed by atoms with E-state index < -0.39 is 11.2 Å². The molecule has 2 unspecified atom stereocenters. The first kappa shape index (κ1) is 23.0. The zero-order valence-electron chi connectivity index (χ0n) is 19.4. The first-order chi connectivity index (χ1) is 15.9. The van der Waals surface area contributed by atoms with Gasteiger partial charge in [-0.05, 0) is 23.8 Å². The van der Waals surface area contributed by atoms with Crippen LogP contribution in [0.3, 0.4) is 0 Å². The summed E-state index contributed by atoms with van der Waals surface area (Å²) in [7, 11) is 1.59. The third-order valence-electron chi connectivity index (χ3n) is 6.22. The van der Waals surface area contributed by atoms with Crippen molar-refractivity contribution in [1.29, 1.82) is 0 Å². The summed E-state index contributed by atoms with van der Waals surface area (Å²) in [5.74, 6) is 0.574. The maximum Gasteiger partial charge on any atom is 0.333 e. The smallest absolute Gasteiger partial charge is 0.333 e. The van der Waals surface area contributed by atoms with Crippen LogP contribution in [0, 0.1) is 11.8 Å². The minimum atomic E-state index is -0.528. The van der Waals surface area contributed by atoms with E-state index in [0.717, 1.165) is 16.6 Å². The molecule has 0 spiro atoms. The van der Waals surface area contributed by atoms with Crippen molar-refractivity contribution in [3.8, 4) is 0 Å². The van der Waals surface area contributed by atoms with E-state index in [1.165, 1.54) is 4.57 Å². The van der Waals surface area contributed by atoms with E-state index in [1.807, 2.05) is 30.3 Å². The van der Waals surface area contributed by atoms with Gasteiger partial charge in [0.1, 0.15) is 6.54 Å². The number of amides is 1. The van der Waals surface area contributed by atoms with E-state index in [0.29, 0.717) is 49.2 Å². The summed E-state index contributed by atoms with van der Waals surface area (Å²) in [6.45, 7) is 6.31. The number of carbonyl (C=O) groups is 1. The number of benzene rings is 1. The van der Waals surface area contributed by atoms with Gasteiger partial charge in [-0.15, -0.1) is 0 Å². The number of carbonyl (C=O) groups excluding carboxylic acids is 1. The Hall–Kier alpha value is -3.20. The summed E-state index contributed by atoms with van der Waals surface area (Å²) < 4.78 is 9.38. The number of nitrogens with zero attached hydrogens (tertiary/aromatic N) is 5. The van der Waals surface area contributed by atoms with Crippen LogP contribution in [0.4, 0.5) is 0 Å². The highest BCUT2D eigenvalue weighted by Crippen LogP contribution is 2.21. The van der Waals surface area contributed by atoms with Gasteiger partial charge in [0.2, 0.25) is 5.91 Å². The molecule has 1 amide bonds. The Balaban J connectivity index is 1.78. The van der Waals surface area contributed by atoms with Gasteiger partial charge < -0.3 is 14.2 Å². The van der Waals surface area contributed by atoms with E-state index in [1.54, 1.807) is 22.9 Å². The van der Waals surface area contributed by atoms with Gasteiger partial charge in [-0.25, -0.2) is 14.3 Å². The summed E-state index contributed by atoms with van der Waals surface area (Å²) in [5.41, 5.74) is 0.492. The van der Waals surface area contributed by atoms with Gasteiger partial charge in [0.15, 0.2) is 11.2 Å². The molecule has 4 rings (SSSR count). The Bertz CT molecular complexity index is 1230. The number of piperidine rings is 1. The number of hydrogen-bond acceptors (Lipinski definition) is 5. The van der Waals surface area contributed by atoms with E-state index in [4.69, 9.17) is 4.74 Å². The summed E-state index contributed by atoms with van der Waals surface area (Å²) in [5, 5.41) is 0. The lowest BCUT2D eigenvalue weighted by Crippen LogP contribution is -2.48. The van der Waals surface area contributed by atoms with Crippen LogP contribution in [0.5, 0.6) is 0 Å². The fraction of sp³-hybridized carbons (Fsp3) is 0.500. The first-order valence-corrected chi connectivity index (χ1v) is 11.4. The summed E-state index contributed by atoms with van der Waals surface area (Å²) >= 11 is 0. The Morgan fingerprint density at radius 2 is 1.79 bits per heavy atom. The summed E-state index contributed by atoms with van der Waals surface area (Å²) in [6.07, 6.45) is 2.62. The van der Waals surface area contributed by atoms with E-state index in [-0.39, 0.29) is 19.0 Å². The second-order valence-corrected chi connectivity index (χ2v) is 9.09. The second-order valence-electron chi connectivity index (χ2n) is 9.09. The molecule has 1 aliphatic heterocycles. The predicted molar refractivity (Wildman–Crippen MR) is 125 cm³/mol. The molecule has 1 aliphatic rings. The van der Waals surface area contributed by atoms with Crippen LogP contribution in [0.25, 0.3) is 11.2 Å². The molecule has 1 saturated heterocycles. The van der Waals surface area contributed by atoms with Crippen molar-refractivity contribution in [3.05, 3.63) is 63.1 Å². The third-order valence-corrected chi connectivity index (χ3v) is 6.22. The lowest BCUT2D eigenvalue weighted by atomic mass is 9.92. The molecule has 0 N–H and O–H groups in total. The Morgan fingerprint density at radius 3 is 2.45 bits per heavy atom. The molecule has 3 aromatic rings. The molecule has 3 heterocycles. The van der Waals surface area contributed by atoms with Crippen molar-refractivity contribution in [2.75, 3.05) is 26.8 Å². The molecule has 0 radical (unpaired) electrons. The molecule has 2 aromatic heterocycles. The van der Waals surface area contributed by atoms with Crippen LogP contribution in [-0.2, 0) is 29.2 Å². The van der Waals surface area contributed by atoms with E-state index >= 15 is 0 Å². The van der Waals surface area contributed by atoms with Crippen molar-refractivity contribution >= 4 is 17.1 Å². The normalized spacial score (nSPS) is 18.7. The van der Waals surface area contributed by atoms with Gasteiger partial charge in [0, 0.05) is 26.7 Å². The highest BCUT2D eigenvalue weighted by Gasteiger charge is 2.27. The molecule has 0 bridgehead atoms.